The van der Waals surface area contributed by atoms with Crippen LogP contribution in [0.1, 0.15) is 13.8 Å². The van der Waals surface area contributed by atoms with Crippen LogP contribution < -0.4 is 10.2 Å². The van der Waals surface area contributed by atoms with Crippen molar-refractivity contribution >= 4 is 29.3 Å². The van der Waals surface area contributed by atoms with E-state index in [9.17, 15) is 18.4 Å². The number of alkyl halides is 2. The molecule has 1 heterocycles. The smallest absolute Gasteiger partial charge is 0.288 e. The molecule has 1 saturated heterocycles. The van der Waals surface area contributed by atoms with Crippen molar-refractivity contribution in [3.8, 4) is 0 Å². The number of hydrogen-bond acceptors (Lipinski definition) is 3. The average molecular weight is 358 g/mol. The molecule has 132 valence electrons. The zero-order valence-corrected chi connectivity index (χ0v) is 14.5. The Bertz CT molecular complexity index is 575. The molecule has 0 unspecified atom stereocenters. The number of nitrogens with zero attached hydrogens (tertiary/aromatic N) is 1. The Labute approximate surface area is 144 Å². The van der Waals surface area contributed by atoms with E-state index in [0.29, 0.717) is 35.4 Å². The highest BCUT2D eigenvalue weighted by molar-refractivity contribution is 7.99. The molecule has 1 fully saturated rings. The van der Waals surface area contributed by atoms with E-state index in [2.05, 4.69) is 5.32 Å². The van der Waals surface area contributed by atoms with Crippen LogP contribution in [0.5, 0.6) is 0 Å². The summed E-state index contributed by atoms with van der Waals surface area (Å²) in [7, 11) is 0. The maximum absolute atomic E-state index is 12.4. The van der Waals surface area contributed by atoms with E-state index in [-0.39, 0.29) is 17.9 Å². The average Bonchev–Trinajstić information content (AvgIpc) is 2.55. The monoisotopic (exact) mass is 358 g/mol. The van der Waals surface area contributed by atoms with E-state index in [0.717, 1.165) is 18.0 Å². The third-order valence-electron chi connectivity index (χ3n) is 4.20. The van der Waals surface area contributed by atoms with E-state index < -0.39 is 5.76 Å². The van der Waals surface area contributed by atoms with Gasteiger partial charge >= 0.3 is 0 Å². The number of halogens is 2. The van der Waals surface area contributed by atoms with Crippen molar-refractivity contribution < 1.29 is 23.3 Å². The highest BCUT2D eigenvalue weighted by atomic mass is 32.2. The molecule has 2 rings (SSSR count). The van der Waals surface area contributed by atoms with Crippen molar-refractivity contribution in [1.82, 2.24) is 4.90 Å². The first kappa shape index (κ1) is 18.7. The summed E-state index contributed by atoms with van der Waals surface area (Å²) in [5.41, 5.74) is 0.590. The fourth-order valence-corrected chi connectivity index (χ4v) is 3.20. The molecule has 0 radical (unpaired) electrons. The molecule has 0 aliphatic carbocycles. The van der Waals surface area contributed by atoms with Crippen LogP contribution in [0.25, 0.3) is 0 Å². The van der Waals surface area contributed by atoms with Crippen LogP contribution in [0.3, 0.4) is 0 Å². The van der Waals surface area contributed by atoms with Gasteiger partial charge in [0.05, 0.1) is 26.2 Å². The molecule has 2 amide bonds. The van der Waals surface area contributed by atoms with Crippen molar-refractivity contribution in [2.45, 2.75) is 30.5 Å². The quantitative estimate of drug-likeness (QED) is 0.775. The number of nitrogens with one attached hydrogen (secondary N) is 2. The fourth-order valence-electron chi connectivity index (χ4n) is 2.70. The first-order chi connectivity index (χ1) is 11.4. The van der Waals surface area contributed by atoms with Gasteiger partial charge in [0.2, 0.25) is 5.91 Å². The summed E-state index contributed by atoms with van der Waals surface area (Å²) in [5.74, 6) is -2.51. The molecule has 8 heteroatoms. The van der Waals surface area contributed by atoms with E-state index in [1.54, 1.807) is 36.1 Å². The molecular formula is C16H22F2N3O2S+. The largest absolute Gasteiger partial charge is 0.332 e. The van der Waals surface area contributed by atoms with E-state index in [4.69, 9.17) is 0 Å². The van der Waals surface area contributed by atoms with Gasteiger partial charge in [0.1, 0.15) is 0 Å². The molecule has 1 aromatic carbocycles. The molecule has 5 nitrogen and oxygen atoms in total. The molecule has 1 aromatic rings. The molecule has 24 heavy (non-hydrogen) atoms. The molecule has 0 spiro atoms. The number of thioether (sulfide) groups is 1. The predicted octanol–water partition coefficient (Wildman–Crippen LogP) is 1.08. The van der Waals surface area contributed by atoms with Gasteiger partial charge in [-0.25, -0.2) is 0 Å². The number of quaternary nitrogens is 1. The summed E-state index contributed by atoms with van der Waals surface area (Å²) in [6.45, 7) is 6.19. The Balaban J connectivity index is 1.86. The van der Waals surface area contributed by atoms with E-state index in [1.165, 1.54) is 0 Å². The van der Waals surface area contributed by atoms with Crippen LogP contribution in [0, 0.1) is 0 Å². The lowest BCUT2D eigenvalue weighted by molar-refractivity contribution is -0.917. The lowest BCUT2D eigenvalue weighted by Gasteiger charge is -2.34. The van der Waals surface area contributed by atoms with Crippen molar-refractivity contribution in [2.75, 3.05) is 31.5 Å². The lowest BCUT2D eigenvalue weighted by atomic mass is 10.2. The van der Waals surface area contributed by atoms with Crippen LogP contribution >= 0.6 is 11.8 Å². The van der Waals surface area contributed by atoms with Gasteiger partial charge in [0.25, 0.3) is 11.7 Å². The number of carbonyl (C=O) groups is 2. The second-order valence-corrected chi connectivity index (χ2v) is 6.84. The molecule has 0 bridgehead atoms. The molecule has 0 saturated carbocycles. The van der Waals surface area contributed by atoms with Gasteiger partial charge in [-0.15, -0.1) is 0 Å². The first-order valence-corrected chi connectivity index (χ1v) is 8.70. The zero-order chi connectivity index (χ0) is 17.7. The van der Waals surface area contributed by atoms with Gasteiger partial charge in [-0.05, 0) is 31.2 Å². The van der Waals surface area contributed by atoms with Gasteiger partial charge in [-0.3, -0.25) is 9.59 Å². The standard InChI is InChI=1S/C16H21F2N3O2S/c1-11(20-7-9-21(10-8-20)12(2)22)15(23)19-13-3-5-14(6-4-13)24-16(17)18/h3-6,11,16H,7-10H2,1-2H3,(H,19,23)/p+1/t11-/m0/s1. The summed E-state index contributed by atoms with van der Waals surface area (Å²) in [6, 6.07) is 6.14. The number of amides is 2. The minimum absolute atomic E-state index is 0.0629. The summed E-state index contributed by atoms with van der Waals surface area (Å²) >= 11 is 0.475. The lowest BCUT2D eigenvalue weighted by Crippen LogP contribution is -3.19. The maximum atomic E-state index is 12.4. The summed E-state index contributed by atoms with van der Waals surface area (Å²) in [6.07, 6.45) is 0. The molecule has 1 aliphatic heterocycles. The molecule has 0 aromatic heterocycles. The summed E-state index contributed by atoms with van der Waals surface area (Å²) in [4.78, 5) is 27.1. The van der Waals surface area contributed by atoms with Gasteiger partial charge in [0, 0.05) is 17.5 Å². The van der Waals surface area contributed by atoms with Crippen molar-refractivity contribution in [1.29, 1.82) is 0 Å². The number of piperazine rings is 1. The van der Waals surface area contributed by atoms with Crippen molar-refractivity contribution in [3.05, 3.63) is 24.3 Å². The number of benzene rings is 1. The minimum Gasteiger partial charge on any atom is -0.332 e. The van der Waals surface area contributed by atoms with Gasteiger partial charge < -0.3 is 15.1 Å². The number of anilines is 1. The van der Waals surface area contributed by atoms with Gasteiger partial charge in [-0.2, -0.15) is 8.78 Å². The molecule has 1 atom stereocenters. The first-order valence-electron chi connectivity index (χ1n) is 7.82. The fraction of sp³-hybridized carbons (Fsp3) is 0.500. The minimum atomic E-state index is -2.46. The van der Waals surface area contributed by atoms with Crippen LogP contribution in [0.2, 0.25) is 0 Å². The highest BCUT2D eigenvalue weighted by Gasteiger charge is 2.29. The molecular weight excluding hydrogens is 336 g/mol. The van der Waals surface area contributed by atoms with Crippen LogP contribution in [-0.4, -0.2) is 54.7 Å². The maximum Gasteiger partial charge on any atom is 0.288 e. The van der Waals surface area contributed by atoms with E-state index >= 15 is 0 Å². The normalized spacial score (nSPS) is 17.0. The Morgan fingerprint density at radius 3 is 2.29 bits per heavy atom. The van der Waals surface area contributed by atoms with Crippen molar-refractivity contribution in [3.63, 3.8) is 0 Å². The van der Waals surface area contributed by atoms with Crippen LogP contribution in [-0.2, 0) is 9.59 Å². The molecule has 2 N–H and O–H groups in total. The number of hydrogen-bond donors (Lipinski definition) is 2. The molecule has 1 aliphatic rings. The number of rotatable bonds is 5. The third kappa shape index (κ3) is 5.17. The van der Waals surface area contributed by atoms with Gasteiger partial charge in [0.15, 0.2) is 6.04 Å². The number of carbonyl (C=O) groups excluding carboxylic acids is 2. The topological polar surface area (TPSA) is 53.9 Å². The zero-order valence-electron chi connectivity index (χ0n) is 13.7. The third-order valence-corrected chi connectivity index (χ3v) is 4.93. The second-order valence-electron chi connectivity index (χ2n) is 5.78. The SMILES string of the molecule is CC(=O)N1CC[NH+]([C@@H](C)C(=O)Nc2ccc(SC(F)F)cc2)CC1. The highest BCUT2D eigenvalue weighted by Crippen LogP contribution is 2.26. The van der Waals surface area contributed by atoms with Crippen molar-refractivity contribution in [2.24, 2.45) is 0 Å². The van der Waals surface area contributed by atoms with Crippen LogP contribution in [0.15, 0.2) is 29.2 Å². The second kappa shape index (κ2) is 8.43. The van der Waals surface area contributed by atoms with Gasteiger partial charge in [-0.1, -0.05) is 11.8 Å². The Hall–Kier alpha value is -1.67. The Morgan fingerprint density at radius 2 is 1.79 bits per heavy atom. The Kier molecular flexibility index (Phi) is 6.56. The van der Waals surface area contributed by atoms with Crippen LogP contribution in [0.4, 0.5) is 14.5 Å². The van der Waals surface area contributed by atoms with E-state index in [1.807, 2.05) is 6.92 Å². The Morgan fingerprint density at radius 1 is 1.21 bits per heavy atom. The summed E-state index contributed by atoms with van der Waals surface area (Å²) < 4.78 is 24.6. The summed E-state index contributed by atoms with van der Waals surface area (Å²) in [5, 5.41) is 2.82. The predicted molar refractivity (Wildman–Crippen MR) is 89.3 cm³/mol.